The Morgan fingerprint density at radius 1 is 1.07 bits per heavy atom. The van der Waals surface area contributed by atoms with Crippen molar-refractivity contribution < 1.29 is 14.0 Å². The lowest BCUT2D eigenvalue weighted by atomic mass is 10.2. The van der Waals surface area contributed by atoms with Crippen LogP contribution in [-0.2, 0) is 11.3 Å². The molecule has 8 heteroatoms. The molecule has 140 valence electrons. The van der Waals surface area contributed by atoms with E-state index in [9.17, 15) is 14.0 Å². The molecule has 0 atom stereocenters. The maximum absolute atomic E-state index is 12.9. The summed E-state index contributed by atoms with van der Waals surface area (Å²) in [5.74, 6) is -0.543. The highest BCUT2D eigenvalue weighted by Crippen LogP contribution is 2.21. The number of carbonyl (C=O) groups is 2. The Morgan fingerprint density at radius 3 is 2.41 bits per heavy atom. The first-order valence-corrected chi connectivity index (χ1v) is 8.93. The van der Waals surface area contributed by atoms with Crippen molar-refractivity contribution in [2.45, 2.75) is 19.4 Å². The largest absolute Gasteiger partial charge is 0.357 e. The molecule has 1 heterocycles. The normalized spacial score (nSPS) is 13.4. The van der Waals surface area contributed by atoms with Gasteiger partial charge in [0.2, 0.25) is 5.91 Å². The Kier molecular flexibility index (Phi) is 5.97. The zero-order valence-electron chi connectivity index (χ0n) is 14.5. The Balaban J connectivity index is 1.46. The second-order valence-electron chi connectivity index (χ2n) is 6.08. The van der Waals surface area contributed by atoms with Crippen LogP contribution in [0.5, 0.6) is 0 Å². The third kappa shape index (κ3) is 5.01. The zero-order chi connectivity index (χ0) is 19.2. The van der Waals surface area contributed by atoms with E-state index in [1.54, 1.807) is 41.3 Å². The maximum Gasteiger partial charge on any atom is 0.269 e. The molecule has 1 saturated heterocycles. The van der Waals surface area contributed by atoms with Gasteiger partial charge in [-0.25, -0.2) is 4.39 Å². The van der Waals surface area contributed by atoms with Gasteiger partial charge in [-0.15, -0.1) is 0 Å². The Morgan fingerprint density at radius 2 is 1.78 bits per heavy atom. The van der Waals surface area contributed by atoms with Crippen LogP contribution in [0.1, 0.15) is 28.8 Å². The summed E-state index contributed by atoms with van der Waals surface area (Å²) < 4.78 is 12.9. The number of carbonyl (C=O) groups excluding carboxylic acids is 2. The molecule has 6 nitrogen and oxygen atoms in total. The van der Waals surface area contributed by atoms with E-state index in [-0.39, 0.29) is 22.7 Å². The lowest BCUT2D eigenvalue weighted by molar-refractivity contribution is -0.117. The molecule has 0 aliphatic carbocycles. The minimum Gasteiger partial charge on any atom is -0.357 e. The van der Waals surface area contributed by atoms with E-state index in [0.717, 1.165) is 17.7 Å². The fourth-order valence-electron chi connectivity index (χ4n) is 2.73. The van der Waals surface area contributed by atoms with E-state index < -0.39 is 0 Å². The summed E-state index contributed by atoms with van der Waals surface area (Å²) in [6, 6.07) is 12.9. The molecule has 1 fully saturated rings. The van der Waals surface area contributed by atoms with Crippen LogP contribution < -0.4 is 21.1 Å². The minimum atomic E-state index is -0.347. The predicted molar refractivity (Wildman–Crippen MR) is 104 cm³/mol. The number of nitrogens with one attached hydrogen (secondary N) is 3. The molecule has 0 radical (unpaired) electrons. The number of thiocarbonyl (C=S) groups is 1. The summed E-state index contributed by atoms with van der Waals surface area (Å²) in [5.41, 5.74) is 7.22. The average Bonchev–Trinajstić information content (AvgIpc) is 3.11. The second-order valence-corrected chi connectivity index (χ2v) is 6.49. The standard InChI is InChI=1S/C19H19FN4O2S/c20-15-7-3-13(4-8-15)12-21-19(27)23-22-18(26)14-5-9-16(10-6-14)24-11-1-2-17(24)25/h3-10H,1-2,11-12H2,(H,22,26)(H2,21,23,27). The number of hydrogen-bond donors (Lipinski definition) is 3. The van der Waals surface area contributed by atoms with Crippen molar-refractivity contribution in [2.24, 2.45) is 0 Å². The topological polar surface area (TPSA) is 73.5 Å². The molecule has 3 N–H and O–H groups in total. The van der Waals surface area contributed by atoms with E-state index in [0.29, 0.717) is 25.1 Å². The van der Waals surface area contributed by atoms with Crippen LogP contribution in [0.4, 0.5) is 10.1 Å². The number of rotatable bonds is 4. The van der Waals surface area contributed by atoms with Crippen molar-refractivity contribution >= 4 is 34.8 Å². The molecular weight excluding hydrogens is 367 g/mol. The number of amides is 2. The predicted octanol–water partition coefficient (Wildman–Crippen LogP) is 2.26. The van der Waals surface area contributed by atoms with Crippen LogP contribution in [0.3, 0.4) is 0 Å². The molecular formula is C19H19FN4O2S. The molecule has 2 aromatic rings. The van der Waals surface area contributed by atoms with E-state index >= 15 is 0 Å². The molecule has 1 aliphatic rings. The average molecular weight is 386 g/mol. The van der Waals surface area contributed by atoms with E-state index in [1.807, 2.05) is 0 Å². The van der Waals surface area contributed by atoms with Crippen molar-refractivity contribution in [2.75, 3.05) is 11.4 Å². The first kappa shape index (κ1) is 18.8. The highest BCUT2D eigenvalue weighted by molar-refractivity contribution is 7.80. The van der Waals surface area contributed by atoms with Crippen LogP contribution in [-0.4, -0.2) is 23.5 Å². The van der Waals surface area contributed by atoms with Gasteiger partial charge in [-0.3, -0.25) is 20.4 Å². The fraction of sp³-hybridized carbons (Fsp3) is 0.211. The summed E-state index contributed by atoms with van der Waals surface area (Å²) >= 11 is 5.10. The Labute approximate surface area is 161 Å². The van der Waals surface area contributed by atoms with Crippen LogP contribution in [0, 0.1) is 5.82 Å². The molecule has 2 aromatic carbocycles. The summed E-state index contributed by atoms with van der Waals surface area (Å²) in [6.45, 7) is 1.11. The molecule has 0 bridgehead atoms. The molecule has 0 spiro atoms. The highest BCUT2D eigenvalue weighted by Gasteiger charge is 2.21. The van der Waals surface area contributed by atoms with Gasteiger partial charge >= 0.3 is 0 Å². The van der Waals surface area contributed by atoms with E-state index in [1.165, 1.54) is 12.1 Å². The lowest BCUT2D eigenvalue weighted by Gasteiger charge is -2.16. The van der Waals surface area contributed by atoms with Gasteiger partial charge in [0.25, 0.3) is 5.91 Å². The van der Waals surface area contributed by atoms with Crippen LogP contribution in [0.2, 0.25) is 0 Å². The zero-order valence-corrected chi connectivity index (χ0v) is 15.3. The summed E-state index contributed by atoms with van der Waals surface area (Å²) in [5, 5.41) is 3.16. The molecule has 27 heavy (non-hydrogen) atoms. The van der Waals surface area contributed by atoms with Crippen molar-refractivity contribution in [3.05, 3.63) is 65.5 Å². The number of hydrogen-bond acceptors (Lipinski definition) is 3. The Bertz CT molecular complexity index is 840. The van der Waals surface area contributed by atoms with Gasteiger partial charge < -0.3 is 10.2 Å². The maximum atomic E-state index is 12.9. The number of halogens is 1. The van der Waals surface area contributed by atoms with Crippen molar-refractivity contribution in [1.82, 2.24) is 16.2 Å². The summed E-state index contributed by atoms with van der Waals surface area (Å²) in [4.78, 5) is 25.6. The van der Waals surface area contributed by atoms with Crippen molar-refractivity contribution in [3.8, 4) is 0 Å². The first-order valence-electron chi connectivity index (χ1n) is 8.52. The molecule has 2 amide bonds. The van der Waals surface area contributed by atoms with Gasteiger partial charge in [0.1, 0.15) is 5.82 Å². The molecule has 0 saturated carbocycles. The highest BCUT2D eigenvalue weighted by atomic mass is 32.1. The van der Waals surface area contributed by atoms with Crippen LogP contribution in [0.15, 0.2) is 48.5 Å². The second kappa shape index (κ2) is 8.59. The number of anilines is 1. The quantitative estimate of drug-likeness (QED) is 0.555. The third-order valence-corrected chi connectivity index (χ3v) is 4.42. The van der Waals surface area contributed by atoms with E-state index in [2.05, 4.69) is 16.2 Å². The monoisotopic (exact) mass is 386 g/mol. The van der Waals surface area contributed by atoms with Crippen molar-refractivity contribution in [3.63, 3.8) is 0 Å². The summed E-state index contributed by atoms with van der Waals surface area (Å²) in [6.07, 6.45) is 1.42. The van der Waals surface area contributed by atoms with Gasteiger partial charge in [0, 0.05) is 30.8 Å². The summed E-state index contributed by atoms with van der Waals surface area (Å²) in [7, 11) is 0. The van der Waals surface area contributed by atoms with Crippen LogP contribution in [0.25, 0.3) is 0 Å². The number of benzene rings is 2. The van der Waals surface area contributed by atoms with Crippen molar-refractivity contribution in [1.29, 1.82) is 0 Å². The third-order valence-electron chi connectivity index (χ3n) is 4.17. The van der Waals surface area contributed by atoms with Gasteiger partial charge in [-0.05, 0) is 60.6 Å². The molecule has 3 rings (SSSR count). The number of nitrogens with zero attached hydrogens (tertiary/aromatic N) is 1. The van der Waals surface area contributed by atoms with Gasteiger partial charge in [0.15, 0.2) is 5.11 Å². The Hall–Kier alpha value is -3.00. The van der Waals surface area contributed by atoms with Gasteiger partial charge in [-0.2, -0.15) is 0 Å². The van der Waals surface area contributed by atoms with Gasteiger partial charge in [0.05, 0.1) is 0 Å². The van der Waals surface area contributed by atoms with E-state index in [4.69, 9.17) is 12.2 Å². The molecule has 0 aromatic heterocycles. The first-order chi connectivity index (χ1) is 13.0. The van der Waals surface area contributed by atoms with Crippen LogP contribution >= 0.6 is 12.2 Å². The fourth-order valence-corrected chi connectivity index (χ4v) is 2.85. The number of hydrazine groups is 1. The lowest BCUT2D eigenvalue weighted by Crippen LogP contribution is -2.46. The SMILES string of the molecule is O=C(NNC(=S)NCc1ccc(F)cc1)c1ccc(N2CCCC2=O)cc1. The molecule has 0 unspecified atom stereocenters. The van der Waals surface area contributed by atoms with Gasteiger partial charge in [-0.1, -0.05) is 12.1 Å². The molecule has 1 aliphatic heterocycles. The smallest absolute Gasteiger partial charge is 0.269 e. The minimum absolute atomic E-state index is 0.103.